The molecule has 0 aliphatic rings. The van der Waals surface area contributed by atoms with Crippen LogP contribution >= 0.6 is 0 Å². The second kappa shape index (κ2) is 6.75. The topological polar surface area (TPSA) is 73.6 Å². The number of esters is 1. The fourth-order valence-electron chi connectivity index (χ4n) is 1.39. The third-order valence-corrected chi connectivity index (χ3v) is 2.32. The van der Waals surface area contributed by atoms with Crippen LogP contribution < -0.4 is 11.1 Å². The average molecular weight is 238 g/mol. The van der Waals surface area contributed by atoms with Crippen LogP contribution in [-0.4, -0.2) is 33.3 Å². The Morgan fingerprint density at radius 1 is 1.41 bits per heavy atom. The maximum absolute atomic E-state index is 11.3. The largest absolute Gasteiger partial charge is 0.465 e. The number of hydrogen-bond donors (Lipinski definition) is 2. The Morgan fingerprint density at radius 2 is 2.18 bits per heavy atom. The number of nitrogens with two attached hydrogens (primary N) is 1. The number of carbonyl (C=O) groups excluding carboxylic acids is 1. The zero-order valence-corrected chi connectivity index (χ0v) is 10.2. The van der Waals surface area contributed by atoms with E-state index in [-0.39, 0.29) is 5.97 Å². The van der Waals surface area contributed by atoms with Crippen molar-refractivity contribution in [1.82, 2.24) is 0 Å². The number of hydrogen-bond acceptors (Lipinski definition) is 5. The Morgan fingerprint density at radius 3 is 2.82 bits per heavy atom. The summed E-state index contributed by atoms with van der Waals surface area (Å²) in [6.45, 7) is 1.42. The minimum absolute atomic E-state index is 0.370. The molecule has 17 heavy (non-hydrogen) atoms. The lowest BCUT2D eigenvalue weighted by molar-refractivity contribution is 0.0601. The van der Waals surface area contributed by atoms with Gasteiger partial charge >= 0.3 is 5.97 Å². The van der Waals surface area contributed by atoms with E-state index in [1.54, 1.807) is 25.3 Å². The lowest BCUT2D eigenvalue weighted by Crippen LogP contribution is -2.08. The van der Waals surface area contributed by atoms with Gasteiger partial charge in [0.1, 0.15) is 0 Å². The van der Waals surface area contributed by atoms with Crippen LogP contribution in [-0.2, 0) is 9.47 Å². The lowest BCUT2D eigenvalue weighted by atomic mass is 10.1. The van der Waals surface area contributed by atoms with Crippen molar-refractivity contribution in [3.8, 4) is 0 Å². The van der Waals surface area contributed by atoms with Crippen molar-refractivity contribution in [3.05, 3.63) is 23.8 Å². The van der Waals surface area contributed by atoms with Gasteiger partial charge in [-0.25, -0.2) is 4.79 Å². The molecule has 0 aromatic heterocycles. The molecule has 0 radical (unpaired) electrons. The normalized spacial score (nSPS) is 10.0. The first-order valence-electron chi connectivity index (χ1n) is 5.39. The number of anilines is 2. The highest BCUT2D eigenvalue weighted by molar-refractivity contribution is 5.91. The molecule has 0 saturated heterocycles. The summed E-state index contributed by atoms with van der Waals surface area (Å²) in [5, 5.41) is 3.15. The third kappa shape index (κ3) is 3.96. The SMILES string of the molecule is COCCCNc1cc(C(=O)OC)ccc1N. The zero-order chi connectivity index (χ0) is 12.7. The highest BCUT2D eigenvalue weighted by Gasteiger charge is 2.07. The van der Waals surface area contributed by atoms with E-state index in [0.717, 1.165) is 18.7 Å². The molecule has 1 aromatic rings. The molecule has 0 saturated carbocycles. The first-order chi connectivity index (χ1) is 8.19. The van der Waals surface area contributed by atoms with Crippen molar-refractivity contribution in [2.45, 2.75) is 6.42 Å². The summed E-state index contributed by atoms with van der Waals surface area (Å²) in [6.07, 6.45) is 0.873. The van der Waals surface area contributed by atoms with Gasteiger partial charge in [0.15, 0.2) is 0 Å². The van der Waals surface area contributed by atoms with Crippen LogP contribution in [0.25, 0.3) is 0 Å². The molecule has 1 aromatic carbocycles. The summed E-state index contributed by atoms with van der Waals surface area (Å²) < 4.78 is 9.59. The molecule has 0 aliphatic heterocycles. The fraction of sp³-hybridized carbons (Fsp3) is 0.417. The quantitative estimate of drug-likeness (QED) is 0.446. The summed E-state index contributed by atoms with van der Waals surface area (Å²) >= 11 is 0. The average Bonchev–Trinajstić information content (AvgIpc) is 2.35. The van der Waals surface area contributed by atoms with Crippen LogP contribution in [0.2, 0.25) is 0 Å². The van der Waals surface area contributed by atoms with Gasteiger partial charge in [0.05, 0.1) is 24.0 Å². The number of methoxy groups -OCH3 is 2. The van der Waals surface area contributed by atoms with E-state index in [2.05, 4.69) is 10.1 Å². The number of carbonyl (C=O) groups is 1. The molecule has 1 rings (SSSR count). The van der Waals surface area contributed by atoms with Crippen molar-refractivity contribution >= 4 is 17.3 Å². The minimum Gasteiger partial charge on any atom is -0.465 e. The Kier molecular flexibility index (Phi) is 5.29. The molecule has 5 nitrogen and oxygen atoms in total. The highest BCUT2D eigenvalue weighted by Crippen LogP contribution is 2.20. The second-order valence-corrected chi connectivity index (χ2v) is 3.57. The summed E-state index contributed by atoms with van der Waals surface area (Å²) in [5.74, 6) is -0.370. The molecule has 0 heterocycles. The smallest absolute Gasteiger partial charge is 0.337 e. The van der Waals surface area contributed by atoms with Crippen molar-refractivity contribution in [3.63, 3.8) is 0 Å². The molecule has 0 spiro atoms. The van der Waals surface area contributed by atoms with Crippen molar-refractivity contribution in [2.24, 2.45) is 0 Å². The van der Waals surface area contributed by atoms with Crippen LogP contribution in [0.15, 0.2) is 18.2 Å². The summed E-state index contributed by atoms with van der Waals surface area (Å²) in [6, 6.07) is 5.01. The molecular formula is C12H18N2O3. The molecule has 94 valence electrons. The second-order valence-electron chi connectivity index (χ2n) is 3.57. The molecule has 0 unspecified atom stereocenters. The van der Waals surface area contributed by atoms with Crippen LogP contribution in [0.1, 0.15) is 16.8 Å². The van der Waals surface area contributed by atoms with Crippen molar-refractivity contribution < 1.29 is 14.3 Å². The van der Waals surface area contributed by atoms with Crippen LogP contribution in [0.4, 0.5) is 11.4 Å². The molecule has 5 heteroatoms. The third-order valence-electron chi connectivity index (χ3n) is 2.32. The van der Waals surface area contributed by atoms with Crippen LogP contribution in [0, 0.1) is 0 Å². The van der Waals surface area contributed by atoms with E-state index >= 15 is 0 Å². The van der Waals surface area contributed by atoms with Gasteiger partial charge in [-0.2, -0.15) is 0 Å². The number of rotatable bonds is 6. The van der Waals surface area contributed by atoms with Crippen LogP contribution in [0.3, 0.4) is 0 Å². The van der Waals surface area contributed by atoms with Gasteiger partial charge in [-0.3, -0.25) is 0 Å². The summed E-state index contributed by atoms with van der Waals surface area (Å²) in [4.78, 5) is 11.3. The predicted molar refractivity (Wildman–Crippen MR) is 67.2 cm³/mol. The number of nitrogen functional groups attached to an aromatic ring is 1. The number of ether oxygens (including phenoxy) is 2. The maximum Gasteiger partial charge on any atom is 0.337 e. The molecule has 0 atom stereocenters. The van der Waals surface area contributed by atoms with Gasteiger partial charge in [-0.1, -0.05) is 0 Å². The zero-order valence-electron chi connectivity index (χ0n) is 10.2. The van der Waals surface area contributed by atoms with E-state index in [1.165, 1.54) is 7.11 Å². The molecule has 0 fully saturated rings. The van der Waals surface area contributed by atoms with E-state index in [1.807, 2.05) is 0 Å². The lowest BCUT2D eigenvalue weighted by Gasteiger charge is -2.10. The van der Waals surface area contributed by atoms with Crippen LogP contribution in [0.5, 0.6) is 0 Å². The monoisotopic (exact) mass is 238 g/mol. The Hall–Kier alpha value is -1.75. The molecule has 0 amide bonds. The van der Waals surface area contributed by atoms with Gasteiger partial charge in [-0.15, -0.1) is 0 Å². The van der Waals surface area contributed by atoms with Gasteiger partial charge in [0.2, 0.25) is 0 Å². The molecular weight excluding hydrogens is 220 g/mol. The van der Waals surface area contributed by atoms with Gasteiger partial charge in [0, 0.05) is 20.3 Å². The van der Waals surface area contributed by atoms with E-state index in [0.29, 0.717) is 17.9 Å². The van der Waals surface area contributed by atoms with Crippen molar-refractivity contribution in [1.29, 1.82) is 0 Å². The Balaban J connectivity index is 2.66. The Labute approximate surface area is 101 Å². The summed E-state index contributed by atoms with van der Waals surface area (Å²) in [5.41, 5.74) is 7.63. The predicted octanol–water partition coefficient (Wildman–Crippen LogP) is 1.50. The first-order valence-corrected chi connectivity index (χ1v) is 5.39. The van der Waals surface area contributed by atoms with E-state index in [4.69, 9.17) is 10.5 Å². The Bertz CT molecular complexity index is 380. The van der Waals surface area contributed by atoms with Crippen molar-refractivity contribution in [2.75, 3.05) is 38.4 Å². The molecule has 0 aliphatic carbocycles. The highest BCUT2D eigenvalue weighted by atomic mass is 16.5. The standard InChI is InChI=1S/C12H18N2O3/c1-16-7-3-6-14-11-8-9(12(15)17-2)4-5-10(11)13/h4-5,8,14H,3,6-7,13H2,1-2H3. The van der Waals surface area contributed by atoms with Gasteiger partial charge in [0.25, 0.3) is 0 Å². The maximum atomic E-state index is 11.3. The molecule has 0 bridgehead atoms. The van der Waals surface area contributed by atoms with E-state index < -0.39 is 0 Å². The van der Waals surface area contributed by atoms with Gasteiger partial charge in [-0.05, 0) is 24.6 Å². The summed E-state index contributed by atoms with van der Waals surface area (Å²) in [7, 11) is 3.01. The minimum atomic E-state index is -0.370. The molecule has 3 N–H and O–H groups in total. The fourth-order valence-corrected chi connectivity index (χ4v) is 1.39. The number of benzene rings is 1. The van der Waals surface area contributed by atoms with E-state index in [9.17, 15) is 4.79 Å². The number of nitrogens with one attached hydrogen (secondary N) is 1. The van der Waals surface area contributed by atoms with Gasteiger partial charge < -0.3 is 20.5 Å². The first kappa shape index (κ1) is 13.3.